The number of hydrogen-bond donors (Lipinski definition) is 1. The summed E-state index contributed by atoms with van der Waals surface area (Å²) in [5.41, 5.74) is 2.00. The van der Waals surface area contributed by atoms with Gasteiger partial charge in [0, 0.05) is 11.6 Å². The minimum absolute atomic E-state index is 0.108. The molecule has 86 valence electrons. The largest absolute Gasteiger partial charge is 0.348 e. The van der Waals surface area contributed by atoms with Crippen molar-refractivity contribution in [3.63, 3.8) is 0 Å². The van der Waals surface area contributed by atoms with Crippen LogP contribution in [0.25, 0.3) is 11.3 Å². The Bertz CT molecular complexity index is 522. The molecule has 1 aliphatic heterocycles. The normalized spacial score (nSPS) is 15.5. The number of nitrogens with zero attached hydrogens (tertiary/aromatic N) is 2. The van der Waals surface area contributed by atoms with Gasteiger partial charge in [0.05, 0.1) is 5.69 Å². The highest BCUT2D eigenvalue weighted by Crippen LogP contribution is 2.23. The van der Waals surface area contributed by atoms with Gasteiger partial charge in [-0.15, -0.1) is 10.2 Å². The third-order valence-corrected chi connectivity index (χ3v) is 3.18. The van der Waals surface area contributed by atoms with E-state index in [1.54, 1.807) is 0 Å². The molecular weight excluding hydrogens is 214 g/mol. The van der Waals surface area contributed by atoms with Gasteiger partial charge in [-0.3, -0.25) is 4.79 Å². The Morgan fingerprint density at radius 3 is 2.76 bits per heavy atom. The number of fused-ring (bicyclic) bond motifs is 1. The van der Waals surface area contributed by atoms with E-state index in [1.807, 2.05) is 30.3 Å². The molecule has 0 atom stereocenters. The maximum atomic E-state index is 12.0. The van der Waals surface area contributed by atoms with Crippen molar-refractivity contribution < 1.29 is 4.79 Å². The first-order chi connectivity index (χ1) is 8.34. The number of carbonyl (C=O) groups is 1. The molecule has 17 heavy (non-hydrogen) atoms. The maximum absolute atomic E-state index is 12.0. The van der Waals surface area contributed by atoms with Gasteiger partial charge < -0.3 is 5.32 Å². The second-order valence-corrected chi connectivity index (χ2v) is 4.36. The summed E-state index contributed by atoms with van der Waals surface area (Å²) in [6.45, 7) is 0. The van der Waals surface area contributed by atoms with Crippen molar-refractivity contribution in [3.05, 3.63) is 36.0 Å². The van der Waals surface area contributed by atoms with Gasteiger partial charge >= 0.3 is 0 Å². The lowest BCUT2D eigenvalue weighted by molar-refractivity contribution is 0.0912. The van der Waals surface area contributed by atoms with E-state index in [9.17, 15) is 4.79 Å². The Hall–Kier alpha value is -1.97. The molecule has 1 saturated carbocycles. The zero-order chi connectivity index (χ0) is 11.7. The Kier molecular flexibility index (Phi) is 2.48. The van der Waals surface area contributed by atoms with Gasteiger partial charge in [0.1, 0.15) is 0 Å². The van der Waals surface area contributed by atoms with Gasteiger partial charge in [-0.05, 0) is 25.3 Å². The third-order valence-electron chi connectivity index (χ3n) is 3.18. The van der Waals surface area contributed by atoms with Gasteiger partial charge in [0.2, 0.25) is 0 Å². The van der Waals surface area contributed by atoms with Crippen LogP contribution in [0.4, 0.5) is 0 Å². The summed E-state index contributed by atoms with van der Waals surface area (Å²) >= 11 is 0. The highest BCUT2D eigenvalue weighted by Gasteiger charge is 2.24. The number of aromatic nitrogens is 2. The minimum atomic E-state index is -0.108. The third kappa shape index (κ3) is 1.86. The number of hydrogen-bond acceptors (Lipinski definition) is 3. The van der Waals surface area contributed by atoms with Crippen LogP contribution in [0.15, 0.2) is 30.3 Å². The molecule has 1 heterocycles. The first-order valence-corrected chi connectivity index (χ1v) is 5.87. The predicted molar refractivity (Wildman–Crippen MR) is 63.8 cm³/mol. The van der Waals surface area contributed by atoms with Crippen LogP contribution in [0.3, 0.4) is 0 Å². The fourth-order valence-electron chi connectivity index (χ4n) is 1.96. The fourth-order valence-corrected chi connectivity index (χ4v) is 1.96. The van der Waals surface area contributed by atoms with Crippen molar-refractivity contribution in [3.8, 4) is 11.3 Å². The van der Waals surface area contributed by atoms with Gasteiger partial charge in [-0.2, -0.15) is 0 Å². The van der Waals surface area contributed by atoms with E-state index in [0.29, 0.717) is 11.7 Å². The summed E-state index contributed by atoms with van der Waals surface area (Å²) in [4.78, 5) is 12.0. The Morgan fingerprint density at radius 2 is 2.00 bits per heavy atom. The molecule has 4 nitrogen and oxygen atoms in total. The van der Waals surface area contributed by atoms with E-state index in [2.05, 4.69) is 15.5 Å². The second kappa shape index (κ2) is 4.13. The van der Waals surface area contributed by atoms with Crippen LogP contribution in [0.1, 0.15) is 29.8 Å². The van der Waals surface area contributed by atoms with Crippen LogP contribution in [0.5, 0.6) is 0 Å². The van der Waals surface area contributed by atoms with Gasteiger partial charge in [0.15, 0.2) is 5.69 Å². The smallest absolute Gasteiger partial charge is 0.272 e. The Morgan fingerprint density at radius 1 is 1.18 bits per heavy atom. The summed E-state index contributed by atoms with van der Waals surface area (Å²) in [6, 6.07) is 9.77. The quantitative estimate of drug-likeness (QED) is 0.852. The Balaban J connectivity index is 1.88. The molecule has 0 aromatic rings. The van der Waals surface area contributed by atoms with E-state index in [-0.39, 0.29) is 5.91 Å². The fraction of sp³-hybridized carbons (Fsp3) is 0.308. The average molecular weight is 227 g/mol. The molecular formula is C13H13N3O. The van der Waals surface area contributed by atoms with Crippen LogP contribution < -0.4 is 5.32 Å². The molecule has 0 unspecified atom stereocenters. The Labute approximate surface area is 99.4 Å². The maximum Gasteiger partial charge on any atom is 0.272 e. The van der Waals surface area contributed by atoms with Crippen molar-refractivity contribution in [2.45, 2.75) is 25.3 Å². The molecule has 0 aromatic heterocycles. The van der Waals surface area contributed by atoms with E-state index in [1.165, 1.54) is 6.42 Å². The number of rotatable bonds is 2. The lowest BCUT2D eigenvalue weighted by Gasteiger charge is -2.25. The molecule has 3 aliphatic rings. The summed E-state index contributed by atoms with van der Waals surface area (Å²) in [7, 11) is 0. The first-order valence-electron chi connectivity index (χ1n) is 5.87. The molecule has 1 N–H and O–H groups in total. The lowest BCUT2D eigenvalue weighted by Crippen LogP contribution is -2.39. The van der Waals surface area contributed by atoms with E-state index in [0.717, 1.165) is 24.1 Å². The summed E-state index contributed by atoms with van der Waals surface area (Å²) in [6.07, 6.45) is 3.35. The molecule has 0 saturated heterocycles. The van der Waals surface area contributed by atoms with Crippen LogP contribution in [-0.2, 0) is 0 Å². The molecule has 2 aliphatic carbocycles. The van der Waals surface area contributed by atoms with Crippen LogP contribution in [0.2, 0.25) is 0 Å². The zero-order valence-electron chi connectivity index (χ0n) is 9.39. The standard InChI is InChI=1S/C13H13N3O/c17-13(14-9-5-4-6-9)12-10-7-2-1-3-8-11(10)15-16-12/h1-3,7-9H,4-6H2,(H,14,17). The number of carbonyl (C=O) groups excluding carboxylic acids is 1. The van der Waals surface area contributed by atoms with Crippen LogP contribution in [-0.4, -0.2) is 22.1 Å². The molecule has 0 spiro atoms. The highest BCUT2D eigenvalue weighted by atomic mass is 16.2. The summed E-state index contributed by atoms with van der Waals surface area (Å²) < 4.78 is 0. The highest BCUT2D eigenvalue weighted by molar-refractivity contribution is 5.99. The topological polar surface area (TPSA) is 54.9 Å². The summed E-state index contributed by atoms with van der Waals surface area (Å²) in [5.74, 6) is -0.108. The van der Waals surface area contributed by atoms with Crippen LogP contribution in [0, 0.1) is 0 Å². The molecule has 1 fully saturated rings. The van der Waals surface area contributed by atoms with E-state index >= 15 is 0 Å². The zero-order valence-corrected chi connectivity index (χ0v) is 9.39. The van der Waals surface area contributed by atoms with Gasteiger partial charge in [-0.1, -0.05) is 24.3 Å². The predicted octanol–water partition coefficient (Wildman–Crippen LogP) is 1.86. The number of nitrogens with one attached hydrogen (secondary N) is 1. The number of amides is 1. The molecule has 4 heteroatoms. The molecule has 0 bridgehead atoms. The van der Waals surface area contributed by atoms with Crippen molar-refractivity contribution in [1.29, 1.82) is 0 Å². The molecule has 0 radical (unpaired) electrons. The second-order valence-electron chi connectivity index (χ2n) is 4.36. The average Bonchev–Trinajstić information content (AvgIpc) is 2.53. The SMILES string of the molecule is O=C(NC1CCC1)c1nnc2cccccc1-2. The summed E-state index contributed by atoms with van der Waals surface area (Å²) in [5, 5.41) is 11.0. The van der Waals surface area contributed by atoms with Crippen molar-refractivity contribution in [1.82, 2.24) is 15.5 Å². The van der Waals surface area contributed by atoms with Gasteiger partial charge in [0.25, 0.3) is 5.91 Å². The molecule has 3 rings (SSSR count). The minimum Gasteiger partial charge on any atom is -0.348 e. The monoisotopic (exact) mass is 227 g/mol. The van der Waals surface area contributed by atoms with Crippen LogP contribution >= 0.6 is 0 Å². The van der Waals surface area contributed by atoms with Crippen molar-refractivity contribution >= 4 is 5.91 Å². The van der Waals surface area contributed by atoms with E-state index in [4.69, 9.17) is 0 Å². The molecule has 0 aromatic carbocycles. The van der Waals surface area contributed by atoms with Crippen molar-refractivity contribution in [2.75, 3.05) is 0 Å². The lowest BCUT2D eigenvalue weighted by atomic mass is 9.93. The van der Waals surface area contributed by atoms with Crippen molar-refractivity contribution in [2.24, 2.45) is 0 Å². The van der Waals surface area contributed by atoms with E-state index < -0.39 is 0 Å². The van der Waals surface area contributed by atoms with Gasteiger partial charge in [-0.25, -0.2) is 0 Å². The molecule has 1 amide bonds. The first kappa shape index (κ1) is 10.2.